The summed E-state index contributed by atoms with van der Waals surface area (Å²) in [6, 6.07) is -2.32. The molecule has 2 aromatic rings. The number of aromatic nitrogens is 4. The monoisotopic (exact) mass is 1170 g/mol. The molecule has 0 radical (unpaired) electrons. The summed E-state index contributed by atoms with van der Waals surface area (Å²) in [5, 5.41) is 52.5. The number of halogens is 6. The van der Waals surface area contributed by atoms with E-state index >= 15 is 0 Å². The Kier molecular flexibility index (Phi) is 32.7. The zero-order valence-corrected chi connectivity index (χ0v) is 44.0. The van der Waals surface area contributed by atoms with Crippen LogP contribution in [0.4, 0.5) is 38.0 Å². The number of carbonyl (C=O) groups is 2. The highest BCUT2D eigenvalue weighted by atomic mass is 19.4. The van der Waals surface area contributed by atoms with Gasteiger partial charge >= 0.3 is 12.4 Å². The number of hydrogen-bond donors (Lipinski definition) is 9. The number of rotatable bonds is 42. The zero-order valence-electron chi connectivity index (χ0n) is 44.0. The van der Waals surface area contributed by atoms with Crippen LogP contribution in [0.1, 0.15) is 24.2 Å². The van der Waals surface area contributed by atoms with Crippen LogP contribution in [0.3, 0.4) is 0 Å². The minimum absolute atomic E-state index is 0.0571. The van der Waals surface area contributed by atoms with Crippen molar-refractivity contribution in [2.45, 2.75) is 79.9 Å². The predicted molar refractivity (Wildman–Crippen MR) is 264 cm³/mol. The Labute approximate surface area is 457 Å². The summed E-state index contributed by atoms with van der Waals surface area (Å²) < 4.78 is 143. The highest BCUT2D eigenvalue weighted by Gasteiger charge is 2.41. The van der Waals surface area contributed by atoms with E-state index in [4.69, 9.17) is 62.6 Å². The molecule has 2 amide bonds. The Hall–Kier alpha value is -4.40. The van der Waals surface area contributed by atoms with Gasteiger partial charge in [0.2, 0.25) is 11.8 Å². The molecule has 0 bridgehead atoms. The molecule has 2 fully saturated rings. The molecule has 2 saturated heterocycles. The summed E-state index contributed by atoms with van der Waals surface area (Å²) in [5.74, 6) is -0.893. The van der Waals surface area contributed by atoms with Gasteiger partial charge in [-0.25, -0.2) is 9.97 Å². The Morgan fingerprint density at radius 3 is 1.20 bits per heavy atom. The van der Waals surface area contributed by atoms with Crippen LogP contribution >= 0.6 is 0 Å². The second-order valence-corrected chi connectivity index (χ2v) is 17.7. The van der Waals surface area contributed by atoms with Crippen LogP contribution in [-0.2, 0) is 78.8 Å². The lowest BCUT2D eigenvalue weighted by Crippen LogP contribution is -2.57. The van der Waals surface area contributed by atoms with E-state index in [-0.39, 0.29) is 142 Å². The smallest absolute Gasteiger partial charge is 0.388 e. The van der Waals surface area contributed by atoms with E-state index in [2.05, 4.69) is 41.2 Å². The summed E-state index contributed by atoms with van der Waals surface area (Å²) >= 11 is 0. The van der Waals surface area contributed by atoms with Crippen LogP contribution in [0, 0.1) is 0 Å². The molecule has 8 atom stereocenters. The number of anilines is 2. The fraction of sp³-hybridized carbons (Fsp3) is 0.787. The van der Waals surface area contributed by atoms with Crippen LogP contribution in [0.15, 0.2) is 24.8 Å². The summed E-state index contributed by atoms with van der Waals surface area (Å²) in [4.78, 5) is 38.1. The van der Waals surface area contributed by atoms with Crippen LogP contribution in [-0.4, -0.2) is 265 Å². The number of ether oxygens (including phenoxy) is 12. The minimum atomic E-state index is -4.69. The number of nitrogens with two attached hydrogens (primary N) is 1. The lowest BCUT2D eigenvalue weighted by atomic mass is 9.98. The number of aliphatic hydroxyl groups excluding tert-OH is 4. The van der Waals surface area contributed by atoms with Gasteiger partial charge in [-0.3, -0.25) is 19.6 Å². The average molecular weight is 1170 g/mol. The van der Waals surface area contributed by atoms with Crippen molar-refractivity contribution in [3.8, 4) is 0 Å². The van der Waals surface area contributed by atoms with E-state index in [1.165, 1.54) is 0 Å². The molecule has 2 aliphatic heterocycles. The van der Waals surface area contributed by atoms with E-state index in [0.29, 0.717) is 65.1 Å². The zero-order chi connectivity index (χ0) is 58.0. The maximum Gasteiger partial charge on any atom is 0.434 e. The van der Waals surface area contributed by atoms with Crippen LogP contribution < -0.4 is 27.0 Å². The number of nitrogens with one attached hydrogen (secondary N) is 4. The molecule has 0 saturated carbocycles. The molecular formula is C47H75F6N9O18. The van der Waals surface area contributed by atoms with Crippen molar-refractivity contribution in [2.75, 3.05) is 169 Å². The van der Waals surface area contributed by atoms with Crippen LogP contribution in [0.25, 0.3) is 0 Å². The molecule has 10 N–H and O–H groups in total. The van der Waals surface area contributed by atoms with Crippen molar-refractivity contribution < 1.29 is 113 Å². The Morgan fingerprint density at radius 1 is 0.512 bits per heavy atom. The number of nitrogens with zero attached hydrogens (tertiary/aromatic N) is 4. The van der Waals surface area contributed by atoms with Crippen molar-refractivity contribution in [3.05, 3.63) is 36.2 Å². The van der Waals surface area contributed by atoms with Gasteiger partial charge in [0, 0.05) is 25.9 Å². The maximum atomic E-state index is 12.9. The van der Waals surface area contributed by atoms with Gasteiger partial charge in [0.05, 0.1) is 188 Å². The fourth-order valence-corrected chi connectivity index (χ4v) is 7.10. The average Bonchev–Trinajstić information content (AvgIpc) is 3.42. The highest BCUT2D eigenvalue weighted by molar-refractivity contribution is 5.76. The molecule has 2 aliphatic rings. The largest absolute Gasteiger partial charge is 0.434 e. The van der Waals surface area contributed by atoms with E-state index < -0.39 is 78.5 Å². The third-order valence-corrected chi connectivity index (χ3v) is 11.3. The summed E-state index contributed by atoms with van der Waals surface area (Å²) in [5.41, 5.74) is 3.59. The lowest BCUT2D eigenvalue weighted by Gasteiger charge is -2.38. The van der Waals surface area contributed by atoms with Gasteiger partial charge in [0.1, 0.15) is 48.3 Å². The van der Waals surface area contributed by atoms with Crippen molar-refractivity contribution in [3.63, 3.8) is 0 Å². The second-order valence-electron chi connectivity index (χ2n) is 17.7. The second kappa shape index (κ2) is 38.4. The topological polar surface area (TPSA) is 352 Å². The van der Waals surface area contributed by atoms with Crippen molar-refractivity contribution >= 4 is 23.5 Å². The van der Waals surface area contributed by atoms with E-state index in [1.807, 2.05) is 0 Å². The van der Waals surface area contributed by atoms with Crippen molar-refractivity contribution in [1.29, 1.82) is 0 Å². The third-order valence-electron chi connectivity index (χ3n) is 11.3. The van der Waals surface area contributed by atoms with E-state index in [9.17, 15) is 56.4 Å². The van der Waals surface area contributed by atoms with Gasteiger partial charge in [0.15, 0.2) is 11.4 Å². The third kappa shape index (κ3) is 28.1. The van der Waals surface area contributed by atoms with Gasteiger partial charge in [-0.1, -0.05) is 0 Å². The van der Waals surface area contributed by atoms with Gasteiger partial charge in [0.25, 0.3) is 0 Å². The number of amides is 2. The molecule has 27 nitrogen and oxygen atoms in total. The SMILES string of the molecule is NC(COCCC(=O)NCCOCCOCCOCCOC[C@H]1OC[C@H](Nc2cncc(C(F)(F)F)n2)[C@@H](O)[C@H]1O)COCCC(=O)NCCOCCOCCOCCOC[C@H]1OC[C@H](Nc2cncc(C(F)(F)F)n2)[C@@H](O)[C@H]1O. The summed E-state index contributed by atoms with van der Waals surface area (Å²) in [6.45, 7) is 4.53. The molecule has 2 aromatic heterocycles. The maximum absolute atomic E-state index is 12.9. The van der Waals surface area contributed by atoms with Gasteiger partial charge in [-0.15, -0.1) is 0 Å². The van der Waals surface area contributed by atoms with Crippen LogP contribution in [0.5, 0.6) is 0 Å². The molecule has 0 spiro atoms. The van der Waals surface area contributed by atoms with E-state index in [1.54, 1.807) is 0 Å². The molecule has 33 heteroatoms. The standard InChI is InChI=1S/C47H75F6N9O18/c48-46(49,50)36-21-55-23-38(61-36)59-32-27-79-34(44(67)42(32)65)29-77-19-17-73-15-13-71-11-9-69-7-3-57-40(63)1-5-75-25-31(54)26-76-6-2-41(64)58-4-8-70-10-12-72-14-16-74-18-20-78-30-35-45(68)43(66)33(28-80-35)60-39-24-56-22-37(62-39)47(51,52)53/h21-24,31-35,42-45,65-68H,1-20,25-30,54H2,(H,57,63)(H,58,64)(H,59,61)(H,60,62)/t32-,33-,34+,35+,42+,43+,44-,45-/m0/s1. The van der Waals surface area contributed by atoms with E-state index in [0.717, 1.165) is 12.4 Å². The number of aliphatic hydroxyl groups is 4. The first-order valence-corrected chi connectivity index (χ1v) is 25.8. The normalized spacial score (nSPS) is 21.6. The summed E-state index contributed by atoms with van der Waals surface area (Å²) in [7, 11) is 0. The quantitative estimate of drug-likeness (QED) is 0.0265. The van der Waals surface area contributed by atoms with Crippen molar-refractivity contribution in [2.24, 2.45) is 5.73 Å². The van der Waals surface area contributed by atoms with Crippen molar-refractivity contribution in [1.82, 2.24) is 30.6 Å². The Bertz CT molecular complexity index is 1870. The summed E-state index contributed by atoms with van der Waals surface area (Å²) in [6.07, 6.45) is -13.1. The molecular weight excluding hydrogens is 1090 g/mol. The van der Waals surface area contributed by atoms with Gasteiger partial charge in [-0.05, 0) is 0 Å². The molecule has 0 aromatic carbocycles. The lowest BCUT2D eigenvalue weighted by molar-refractivity contribution is -0.161. The van der Waals surface area contributed by atoms with Crippen LogP contribution in [0.2, 0.25) is 0 Å². The Balaban J connectivity index is 0.819. The molecule has 4 heterocycles. The number of alkyl halides is 6. The molecule has 0 unspecified atom stereocenters. The molecule has 458 valence electrons. The Morgan fingerprint density at radius 2 is 0.850 bits per heavy atom. The molecule has 80 heavy (non-hydrogen) atoms. The first kappa shape index (κ1) is 68.1. The van der Waals surface area contributed by atoms with Gasteiger partial charge < -0.3 is 104 Å². The fourth-order valence-electron chi connectivity index (χ4n) is 7.10. The molecule has 4 rings (SSSR count). The number of hydrogen-bond acceptors (Lipinski definition) is 25. The predicted octanol–water partition coefficient (Wildman–Crippen LogP) is -1.69. The first-order chi connectivity index (χ1) is 38.4. The molecule has 0 aliphatic carbocycles. The first-order valence-electron chi connectivity index (χ1n) is 25.8. The highest BCUT2D eigenvalue weighted by Crippen LogP contribution is 2.29. The number of carbonyl (C=O) groups excluding carboxylic acids is 2. The van der Waals surface area contributed by atoms with Gasteiger partial charge in [-0.2, -0.15) is 26.3 Å². The minimum Gasteiger partial charge on any atom is -0.388 e.